The number of nitrogens with zero attached hydrogens (tertiary/aromatic N) is 2. The van der Waals surface area contributed by atoms with Gasteiger partial charge in [0.25, 0.3) is 0 Å². The SMILES string of the molecule is CNC1CCCc2nc(C3CCCCCCC3)ncc21. The third kappa shape index (κ3) is 3.03. The molecule has 3 nitrogen and oxygen atoms in total. The van der Waals surface area contributed by atoms with E-state index in [1.54, 1.807) is 0 Å². The smallest absolute Gasteiger partial charge is 0.131 e. The molecule has 3 heteroatoms. The summed E-state index contributed by atoms with van der Waals surface area (Å²) in [5.41, 5.74) is 2.65. The molecule has 0 radical (unpaired) electrons. The largest absolute Gasteiger partial charge is 0.313 e. The number of aryl methyl sites for hydroxylation is 1. The van der Waals surface area contributed by atoms with Gasteiger partial charge >= 0.3 is 0 Å². The number of aromatic nitrogens is 2. The third-order valence-electron chi connectivity index (χ3n) is 5.02. The van der Waals surface area contributed by atoms with Crippen LogP contribution in [0.3, 0.4) is 0 Å². The third-order valence-corrected chi connectivity index (χ3v) is 5.02. The van der Waals surface area contributed by atoms with E-state index in [1.807, 2.05) is 7.05 Å². The molecule has 0 amide bonds. The number of nitrogens with one attached hydrogen (secondary N) is 1. The van der Waals surface area contributed by atoms with Crippen molar-refractivity contribution in [1.29, 1.82) is 0 Å². The molecule has 20 heavy (non-hydrogen) atoms. The lowest BCUT2D eigenvalue weighted by Gasteiger charge is -2.25. The van der Waals surface area contributed by atoms with E-state index in [2.05, 4.69) is 11.5 Å². The summed E-state index contributed by atoms with van der Waals surface area (Å²) in [6.07, 6.45) is 15.2. The zero-order valence-electron chi connectivity index (χ0n) is 12.7. The van der Waals surface area contributed by atoms with Crippen LogP contribution in [-0.2, 0) is 6.42 Å². The van der Waals surface area contributed by atoms with Crippen molar-refractivity contribution < 1.29 is 0 Å². The van der Waals surface area contributed by atoms with E-state index in [0.29, 0.717) is 12.0 Å². The normalized spacial score (nSPS) is 24.8. The van der Waals surface area contributed by atoms with Crippen LogP contribution in [0.2, 0.25) is 0 Å². The Labute approximate surface area is 122 Å². The maximum Gasteiger partial charge on any atom is 0.131 e. The highest BCUT2D eigenvalue weighted by Gasteiger charge is 2.23. The maximum absolute atomic E-state index is 4.96. The summed E-state index contributed by atoms with van der Waals surface area (Å²) in [4.78, 5) is 9.69. The second-order valence-electron chi connectivity index (χ2n) is 6.41. The molecular weight excluding hydrogens is 246 g/mol. The number of rotatable bonds is 2. The van der Waals surface area contributed by atoms with Crippen molar-refractivity contribution in [3.05, 3.63) is 23.3 Å². The fourth-order valence-electron chi connectivity index (χ4n) is 3.77. The van der Waals surface area contributed by atoms with E-state index < -0.39 is 0 Å². The van der Waals surface area contributed by atoms with Crippen LogP contribution in [0.15, 0.2) is 6.20 Å². The Morgan fingerprint density at radius 2 is 1.75 bits per heavy atom. The van der Waals surface area contributed by atoms with Gasteiger partial charge in [-0.05, 0) is 39.2 Å². The van der Waals surface area contributed by atoms with Gasteiger partial charge < -0.3 is 5.32 Å². The van der Waals surface area contributed by atoms with Crippen LogP contribution in [0.1, 0.15) is 86.8 Å². The predicted octanol–water partition coefficient (Wildman–Crippen LogP) is 3.90. The van der Waals surface area contributed by atoms with E-state index in [9.17, 15) is 0 Å². The minimum Gasteiger partial charge on any atom is -0.313 e. The van der Waals surface area contributed by atoms with Crippen LogP contribution in [-0.4, -0.2) is 17.0 Å². The summed E-state index contributed by atoms with van der Waals surface area (Å²) >= 11 is 0. The minimum atomic E-state index is 0.463. The Balaban J connectivity index is 1.80. The van der Waals surface area contributed by atoms with Gasteiger partial charge in [-0.15, -0.1) is 0 Å². The Bertz CT molecular complexity index is 436. The Hall–Kier alpha value is -0.960. The van der Waals surface area contributed by atoms with Gasteiger partial charge in [-0.1, -0.05) is 32.1 Å². The van der Waals surface area contributed by atoms with Crippen LogP contribution in [0.4, 0.5) is 0 Å². The molecule has 1 saturated carbocycles. The average molecular weight is 273 g/mol. The second-order valence-corrected chi connectivity index (χ2v) is 6.41. The van der Waals surface area contributed by atoms with Crippen molar-refractivity contribution in [2.75, 3.05) is 7.05 Å². The standard InChI is InChI=1S/C17H27N3/c1-18-15-10-7-11-16-14(15)12-19-17(20-16)13-8-5-3-2-4-6-9-13/h12-13,15,18H,2-11H2,1H3. The van der Waals surface area contributed by atoms with Crippen molar-refractivity contribution in [1.82, 2.24) is 15.3 Å². The van der Waals surface area contributed by atoms with E-state index in [-0.39, 0.29) is 0 Å². The first kappa shape index (κ1) is 14.0. The van der Waals surface area contributed by atoms with Gasteiger partial charge in [-0.25, -0.2) is 9.97 Å². The van der Waals surface area contributed by atoms with Gasteiger partial charge in [0, 0.05) is 29.4 Å². The lowest BCUT2D eigenvalue weighted by atomic mass is 9.89. The first-order valence-electron chi connectivity index (χ1n) is 8.41. The van der Waals surface area contributed by atoms with Gasteiger partial charge in [-0.2, -0.15) is 0 Å². The van der Waals surface area contributed by atoms with Crippen molar-refractivity contribution in [2.45, 2.75) is 76.2 Å². The summed E-state index contributed by atoms with van der Waals surface area (Å²) in [6.45, 7) is 0. The molecule has 3 rings (SSSR count). The van der Waals surface area contributed by atoms with Gasteiger partial charge in [0.05, 0.1) is 0 Å². The number of hydrogen-bond donors (Lipinski definition) is 1. The van der Waals surface area contributed by atoms with Crippen LogP contribution in [0.5, 0.6) is 0 Å². The summed E-state index contributed by atoms with van der Waals surface area (Å²) in [5, 5.41) is 3.40. The molecule has 110 valence electrons. The Kier molecular flexibility index (Phi) is 4.66. The van der Waals surface area contributed by atoms with Crippen molar-refractivity contribution in [3.63, 3.8) is 0 Å². The van der Waals surface area contributed by atoms with E-state index in [4.69, 9.17) is 9.97 Å². The summed E-state index contributed by atoms with van der Waals surface area (Å²) in [5.74, 6) is 1.73. The molecule has 0 aromatic carbocycles. The summed E-state index contributed by atoms with van der Waals surface area (Å²) in [7, 11) is 2.04. The molecule has 1 aromatic heterocycles. The zero-order valence-corrected chi connectivity index (χ0v) is 12.7. The van der Waals surface area contributed by atoms with Crippen molar-refractivity contribution in [3.8, 4) is 0 Å². The summed E-state index contributed by atoms with van der Waals surface area (Å²) < 4.78 is 0. The summed E-state index contributed by atoms with van der Waals surface area (Å²) in [6, 6.07) is 0.463. The van der Waals surface area contributed by atoms with E-state index in [1.165, 1.54) is 69.0 Å². The molecule has 1 unspecified atom stereocenters. The Morgan fingerprint density at radius 3 is 2.50 bits per heavy atom. The maximum atomic E-state index is 4.96. The molecule has 1 fully saturated rings. The molecule has 1 atom stereocenters. The Morgan fingerprint density at radius 1 is 1.00 bits per heavy atom. The van der Waals surface area contributed by atoms with Crippen molar-refractivity contribution in [2.24, 2.45) is 0 Å². The highest BCUT2D eigenvalue weighted by Crippen LogP contribution is 2.32. The number of fused-ring (bicyclic) bond motifs is 1. The first-order valence-corrected chi connectivity index (χ1v) is 8.41. The second kappa shape index (κ2) is 6.66. The van der Waals surface area contributed by atoms with Gasteiger partial charge in [-0.3, -0.25) is 0 Å². The molecule has 2 aliphatic carbocycles. The molecule has 0 saturated heterocycles. The molecule has 0 spiro atoms. The lowest BCUT2D eigenvalue weighted by molar-refractivity contribution is 0.435. The first-order chi connectivity index (χ1) is 9.88. The van der Waals surface area contributed by atoms with Gasteiger partial charge in [0.2, 0.25) is 0 Å². The van der Waals surface area contributed by atoms with Crippen LogP contribution in [0, 0.1) is 0 Å². The van der Waals surface area contributed by atoms with Gasteiger partial charge in [0.15, 0.2) is 0 Å². The van der Waals surface area contributed by atoms with Crippen molar-refractivity contribution >= 4 is 0 Å². The zero-order chi connectivity index (χ0) is 13.8. The topological polar surface area (TPSA) is 37.8 Å². The van der Waals surface area contributed by atoms with Crippen LogP contribution >= 0.6 is 0 Å². The molecular formula is C17H27N3. The minimum absolute atomic E-state index is 0.463. The monoisotopic (exact) mass is 273 g/mol. The molecule has 1 aromatic rings. The molecule has 0 bridgehead atoms. The van der Waals surface area contributed by atoms with Crippen LogP contribution < -0.4 is 5.32 Å². The highest BCUT2D eigenvalue weighted by molar-refractivity contribution is 5.25. The van der Waals surface area contributed by atoms with Gasteiger partial charge in [0.1, 0.15) is 5.82 Å². The fraction of sp³-hybridized carbons (Fsp3) is 0.765. The molecule has 0 aliphatic heterocycles. The molecule has 1 N–H and O–H groups in total. The van der Waals surface area contributed by atoms with Crippen LogP contribution in [0.25, 0.3) is 0 Å². The highest BCUT2D eigenvalue weighted by atomic mass is 14.9. The quantitative estimate of drug-likeness (QED) is 0.888. The lowest BCUT2D eigenvalue weighted by Crippen LogP contribution is -2.23. The van der Waals surface area contributed by atoms with E-state index >= 15 is 0 Å². The fourth-order valence-corrected chi connectivity index (χ4v) is 3.77. The molecule has 1 heterocycles. The molecule has 2 aliphatic rings. The number of hydrogen-bond acceptors (Lipinski definition) is 3. The average Bonchev–Trinajstić information content (AvgIpc) is 2.45. The van der Waals surface area contributed by atoms with E-state index in [0.717, 1.165) is 12.2 Å². The predicted molar refractivity (Wildman–Crippen MR) is 81.8 cm³/mol.